The molecule has 1 aromatic rings. The number of sulfonamides is 1. The van der Waals surface area contributed by atoms with Gasteiger partial charge in [0.15, 0.2) is 9.84 Å². The van der Waals surface area contributed by atoms with Gasteiger partial charge in [0.2, 0.25) is 10.0 Å². The highest BCUT2D eigenvalue weighted by atomic mass is 35.5. The minimum Gasteiger partial charge on any atom is -0.319 e. The number of hydrogen-bond donors (Lipinski definition) is 1. The molecule has 1 N–H and O–H groups in total. The zero-order valence-corrected chi connectivity index (χ0v) is 14.8. The van der Waals surface area contributed by atoms with E-state index < -0.39 is 19.9 Å². The van der Waals surface area contributed by atoms with Crippen LogP contribution >= 0.6 is 11.6 Å². The molecule has 2 rings (SSSR count). The second-order valence-electron chi connectivity index (χ2n) is 5.44. The monoisotopic (exact) mass is 366 g/mol. The quantitative estimate of drug-likeness (QED) is 0.839. The maximum absolute atomic E-state index is 12.7. The van der Waals surface area contributed by atoms with E-state index in [1.165, 1.54) is 16.4 Å². The Labute approximate surface area is 136 Å². The van der Waals surface area contributed by atoms with Crippen molar-refractivity contribution in [3.8, 4) is 0 Å². The van der Waals surface area contributed by atoms with Crippen LogP contribution in [0.15, 0.2) is 28.0 Å². The van der Waals surface area contributed by atoms with Crippen LogP contribution in [0.2, 0.25) is 5.02 Å². The molecule has 1 fully saturated rings. The summed E-state index contributed by atoms with van der Waals surface area (Å²) < 4.78 is 50.0. The lowest BCUT2D eigenvalue weighted by Gasteiger charge is -2.18. The maximum Gasteiger partial charge on any atom is 0.244 e. The third-order valence-corrected chi connectivity index (χ3v) is 7.15. The Hall–Kier alpha value is -0.670. The van der Waals surface area contributed by atoms with Crippen LogP contribution in [0.1, 0.15) is 6.42 Å². The van der Waals surface area contributed by atoms with Gasteiger partial charge in [0, 0.05) is 19.3 Å². The maximum atomic E-state index is 12.7. The van der Waals surface area contributed by atoms with Crippen molar-refractivity contribution < 1.29 is 16.8 Å². The average molecular weight is 367 g/mol. The van der Waals surface area contributed by atoms with Gasteiger partial charge in [-0.3, -0.25) is 0 Å². The summed E-state index contributed by atoms with van der Waals surface area (Å²) in [4.78, 5) is -0.205. The number of rotatable bonds is 5. The van der Waals surface area contributed by atoms with E-state index in [4.69, 9.17) is 11.6 Å². The molecule has 0 spiro atoms. The van der Waals surface area contributed by atoms with Crippen LogP contribution in [0.5, 0.6) is 0 Å². The highest BCUT2D eigenvalue weighted by Gasteiger charge is 2.34. The molecule has 0 amide bonds. The van der Waals surface area contributed by atoms with Gasteiger partial charge < -0.3 is 5.32 Å². The largest absolute Gasteiger partial charge is 0.319 e. The van der Waals surface area contributed by atoms with Crippen LogP contribution in [0.3, 0.4) is 0 Å². The minimum atomic E-state index is -3.79. The summed E-state index contributed by atoms with van der Waals surface area (Å²) in [6.45, 7) is 1.56. The van der Waals surface area contributed by atoms with E-state index in [1.54, 1.807) is 0 Å². The standard InChI is InChI=1S/C13H19ClN2O4S2/c1-15-8-10-5-6-16(9-10)22(19,20)13-7-11(21(2,17)18)3-4-12(13)14/h3-4,7,10,15H,5-6,8-9H2,1-2H3. The third-order valence-electron chi connectivity index (χ3n) is 3.69. The van der Waals surface area contributed by atoms with Crippen molar-refractivity contribution in [2.75, 3.05) is 32.9 Å². The van der Waals surface area contributed by atoms with E-state index in [2.05, 4.69) is 5.32 Å². The van der Waals surface area contributed by atoms with Crippen LogP contribution in [-0.4, -0.2) is 54.1 Å². The fourth-order valence-corrected chi connectivity index (χ4v) is 5.27. The summed E-state index contributed by atoms with van der Waals surface area (Å²) in [5, 5.41) is 3.07. The van der Waals surface area contributed by atoms with Gasteiger partial charge in [-0.05, 0) is 44.1 Å². The number of hydrogen-bond acceptors (Lipinski definition) is 5. The Kier molecular flexibility index (Phi) is 5.18. The first kappa shape index (κ1) is 17.7. The highest BCUT2D eigenvalue weighted by molar-refractivity contribution is 7.91. The topological polar surface area (TPSA) is 83.6 Å². The first-order valence-electron chi connectivity index (χ1n) is 6.80. The van der Waals surface area contributed by atoms with Crippen molar-refractivity contribution in [3.05, 3.63) is 23.2 Å². The Balaban J connectivity index is 2.38. The molecule has 0 aromatic heterocycles. The van der Waals surface area contributed by atoms with Gasteiger partial charge in [-0.2, -0.15) is 4.31 Å². The molecule has 1 aliphatic rings. The Bertz CT molecular complexity index is 762. The molecule has 1 unspecified atom stereocenters. The molecule has 0 aliphatic carbocycles. The smallest absolute Gasteiger partial charge is 0.244 e. The van der Waals surface area contributed by atoms with Crippen LogP contribution in [0, 0.1) is 5.92 Å². The second-order valence-corrected chi connectivity index (χ2v) is 9.77. The SMILES string of the molecule is CNCC1CCN(S(=O)(=O)c2cc(S(C)(=O)=O)ccc2Cl)C1. The predicted molar refractivity (Wildman–Crippen MR) is 85.4 cm³/mol. The molecule has 124 valence electrons. The lowest BCUT2D eigenvalue weighted by molar-refractivity contribution is 0.451. The molecule has 6 nitrogen and oxygen atoms in total. The summed E-state index contributed by atoms with van der Waals surface area (Å²) in [5.41, 5.74) is 0. The van der Waals surface area contributed by atoms with E-state index in [9.17, 15) is 16.8 Å². The van der Waals surface area contributed by atoms with Gasteiger partial charge in [-0.15, -0.1) is 0 Å². The molecular weight excluding hydrogens is 348 g/mol. The zero-order chi connectivity index (χ0) is 16.5. The van der Waals surface area contributed by atoms with Gasteiger partial charge in [0.25, 0.3) is 0 Å². The first-order valence-corrected chi connectivity index (χ1v) is 10.5. The fourth-order valence-electron chi connectivity index (χ4n) is 2.52. The second kappa shape index (κ2) is 6.45. The molecule has 1 aromatic carbocycles. The summed E-state index contributed by atoms with van der Waals surface area (Å²) in [6.07, 6.45) is 1.80. The molecule has 0 bridgehead atoms. The number of nitrogens with one attached hydrogen (secondary N) is 1. The van der Waals surface area contributed by atoms with Gasteiger partial charge in [0.05, 0.1) is 9.92 Å². The van der Waals surface area contributed by atoms with E-state index >= 15 is 0 Å². The Morgan fingerprint density at radius 1 is 1.32 bits per heavy atom. The number of nitrogens with zero attached hydrogens (tertiary/aromatic N) is 1. The van der Waals surface area contributed by atoms with Crippen LogP contribution < -0.4 is 5.32 Å². The minimum absolute atomic E-state index is 0.0319. The summed E-state index contributed by atoms with van der Waals surface area (Å²) in [6, 6.07) is 3.76. The van der Waals surface area contributed by atoms with Crippen LogP contribution in [0.25, 0.3) is 0 Å². The molecule has 1 heterocycles. The molecule has 22 heavy (non-hydrogen) atoms. The summed E-state index contributed by atoms with van der Waals surface area (Å²) >= 11 is 5.99. The Morgan fingerprint density at radius 3 is 2.59 bits per heavy atom. The van der Waals surface area contributed by atoms with Gasteiger partial charge in [-0.1, -0.05) is 11.6 Å². The van der Waals surface area contributed by atoms with Gasteiger partial charge >= 0.3 is 0 Å². The van der Waals surface area contributed by atoms with Crippen molar-refractivity contribution in [1.82, 2.24) is 9.62 Å². The summed E-state index contributed by atoms with van der Waals surface area (Å²) in [5.74, 6) is 0.247. The molecule has 1 aliphatic heterocycles. The number of benzene rings is 1. The van der Waals surface area contributed by atoms with E-state index in [-0.39, 0.29) is 20.7 Å². The van der Waals surface area contributed by atoms with Crippen molar-refractivity contribution in [2.45, 2.75) is 16.2 Å². The normalized spacial score (nSPS) is 20.4. The molecule has 0 saturated carbocycles. The van der Waals surface area contributed by atoms with Gasteiger partial charge in [-0.25, -0.2) is 16.8 Å². The number of sulfone groups is 1. The van der Waals surface area contributed by atoms with Crippen molar-refractivity contribution in [3.63, 3.8) is 0 Å². The fraction of sp³-hybridized carbons (Fsp3) is 0.538. The number of halogens is 1. The first-order chi connectivity index (χ1) is 10.2. The zero-order valence-electron chi connectivity index (χ0n) is 12.4. The van der Waals surface area contributed by atoms with Crippen molar-refractivity contribution in [2.24, 2.45) is 5.92 Å². The summed E-state index contributed by atoms with van der Waals surface area (Å²) in [7, 11) is -5.47. The van der Waals surface area contributed by atoms with E-state index in [0.717, 1.165) is 25.3 Å². The molecule has 9 heteroatoms. The lowest BCUT2D eigenvalue weighted by Crippen LogP contribution is -2.30. The predicted octanol–water partition coefficient (Wildman–Crippen LogP) is 0.974. The van der Waals surface area contributed by atoms with E-state index in [0.29, 0.717) is 13.1 Å². The van der Waals surface area contributed by atoms with Crippen LogP contribution in [-0.2, 0) is 19.9 Å². The van der Waals surface area contributed by atoms with Crippen molar-refractivity contribution >= 4 is 31.5 Å². The third kappa shape index (κ3) is 3.62. The Morgan fingerprint density at radius 2 is 2.00 bits per heavy atom. The molecule has 0 radical (unpaired) electrons. The van der Waals surface area contributed by atoms with E-state index in [1.807, 2.05) is 7.05 Å². The molecular formula is C13H19ClN2O4S2. The van der Waals surface area contributed by atoms with Crippen molar-refractivity contribution in [1.29, 1.82) is 0 Å². The average Bonchev–Trinajstić information content (AvgIpc) is 2.87. The lowest BCUT2D eigenvalue weighted by atomic mass is 10.1. The molecule has 1 atom stereocenters. The molecule has 1 saturated heterocycles. The highest BCUT2D eigenvalue weighted by Crippen LogP contribution is 2.30. The van der Waals surface area contributed by atoms with Crippen LogP contribution in [0.4, 0.5) is 0 Å². The van der Waals surface area contributed by atoms with Gasteiger partial charge in [0.1, 0.15) is 4.90 Å².